The summed E-state index contributed by atoms with van der Waals surface area (Å²) in [6.45, 7) is 2.24. The highest BCUT2D eigenvalue weighted by atomic mass is 35.5. The van der Waals surface area contributed by atoms with Crippen molar-refractivity contribution in [3.8, 4) is 5.75 Å². The average molecular weight is 272 g/mol. The molecular weight excluding hydrogens is 253 g/mol. The molecule has 1 aliphatic rings. The van der Waals surface area contributed by atoms with E-state index in [1.54, 1.807) is 20.1 Å². The number of benzene rings is 1. The van der Waals surface area contributed by atoms with Crippen molar-refractivity contribution in [3.63, 3.8) is 0 Å². The van der Waals surface area contributed by atoms with Crippen molar-refractivity contribution in [1.82, 2.24) is 0 Å². The summed E-state index contributed by atoms with van der Waals surface area (Å²) in [5, 5.41) is 0.156. The van der Waals surface area contributed by atoms with Gasteiger partial charge in [0.2, 0.25) is 0 Å². The van der Waals surface area contributed by atoms with Crippen LogP contribution in [0.3, 0.4) is 0 Å². The highest BCUT2D eigenvalue weighted by molar-refractivity contribution is 6.31. The molecular formula is C14H19ClFNO. The summed E-state index contributed by atoms with van der Waals surface area (Å²) in [7, 11) is 1.57. The van der Waals surface area contributed by atoms with Gasteiger partial charge in [0.05, 0.1) is 12.1 Å². The normalized spacial score (nSPS) is 18.1. The van der Waals surface area contributed by atoms with E-state index in [-0.39, 0.29) is 10.4 Å². The van der Waals surface area contributed by atoms with E-state index in [2.05, 4.69) is 0 Å². The zero-order chi connectivity index (χ0) is 13.3. The highest BCUT2D eigenvalue weighted by Gasteiger charge is 2.38. The molecule has 0 bridgehead atoms. The first kappa shape index (κ1) is 13.6. The van der Waals surface area contributed by atoms with Gasteiger partial charge in [0.1, 0.15) is 11.6 Å². The maximum Gasteiger partial charge on any atom is 0.148 e. The molecule has 0 aromatic heterocycles. The maximum atomic E-state index is 13.8. The van der Waals surface area contributed by atoms with Crippen LogP contribution in [-0.2, 0) is 5.41 Å². The third kappa shape index (κ3) is 1.99. The summed E-state index contributed by atoms with van der Waals surface area (Å²) in [5.74, 6) is 0.201. The smallest absolute Gasteiger partial charge is 0.148 e. The summed E-state index contributed by atoms with van der Waals surface area (Å²) in [6.07, 6.45) is 4.32. The van der Waals surface area contributed by atoms with Crippen molar-refractivity contribution >= 4 is 11.6 Å². The van der Waals surface area contributed by atoms with Crippen molar-refractivity contribution in [2.45, 2.75) is 38.0 Å². The Kier molecular flexibility index (Phi) is 3.83. The number of rotatable bonds is 3. The van der Waals surface area contributed by atoms with Gasteiger partial charge in [0, 0.05) is 23.1 Å². The quantitative estimate of drug-likeness (QED) is 0.912. The van der Waals surface area contributed by atoms with E-state index in [9.17, 15) is 4.39 Å². The Bertz CT molecular complexity index is 456. The minimum absolute atomic E-state index is 0.104. The molecule has 2 nitrogen and oxygen atoms in total. The van der Waals surface area contributed by atoms with E-state index in [0.29, 0.717) is 17.9 Å². The van der Waals surface area contributed by atoms with Crippen LogP contribution in [0, 0.1) is 12.7 Å². The Balaban J connectivity index is 2.62. The van der Waals surface area contributed by atoms with E-state index in [0.717, 1.165) is 31.2 Å². The van der Waals surface area contributed by atoms with Gasteiger partial charge in [-0.2, -0.15) is 0 Å². The summed E-state index contributed by atoms with van der Waals surface area (Å²) in [6, 6.07) is 1.70. The number of methoxy groups -OCH3 is 1. The van der Waals surface area contributed by atoms with E-state index in [4.69, 9.17) is 22.1 Å². The van der Waals surface area contributed by atoms with E-state index < -0.39 is 5.82 Å². The Morgan fingerprint density at radius 2 is 2.06 bits per heavy atom. The zero-order valence-corrected chi connectivity index (χ0v) is 11.6. The molecule has 0 heterocycles. The van der Waals surface area contributed by atoms with Gasteiger partial charge in [-0.3, -0.25) is 0 Å². The average Bonchev–Trinajstić information content (AvgIpc) is 2.85. The first-order valence-electron chi connectivity index (χ1n) is 6.29. The molecule has 18 heavy (non-hydrogen) atoms. The fourth-order valence-electron chi connectivity index (χ4n) is 3.03. The predicted molar refractivity (Wildman–Crippen MR) is 71.9 cm³/mol. The number of ether oxygens (including phenoxy) is 1. The van der Waals surface area contributed by atoms with Gasteiger partial charge >= 0.3 is 0 Å². The number of hydrogen-bond acceptors (Lipinski definition) is 2. The van der Waals surface area contributed by atoms with Crippen molar-refractivity contribution < 1.29 is 9.13 Å². The second-order valence-corrected chi connectivity index (χ2v) is 5.48. The molecule has 2 N–H and O–H groups in total. The summed E-state index contributed by atoms with van der Waals surface area (Å²) in [4.78, 5) is 0. The lowest BCUT2D eigenvalue weighted by molar-refractivity contribution is 0.371. The Labute approximate surface area is 112 Å². The van der Waals surface area contributed by atoms with Gasteiger partial charge < -0.3 is 10.5 Å². The monoisotopic (exact) mass is 271 g/mol. The van der Waals surface area contributed by atoms with Gasteiger partial charge in [-0.1, -0.05) is 24.4 Å². The Morgan fingerprint density at radius 1 is 1.44 bits per heavy atom. The molecule has 1 saturated carbocycles. The fraction of sp³-hybridized carbons (Fsp3) is 0.571. The van der Waals surface area contributed by atoms with Crippen LogP contribution in [0.5, 0.6) is 5.75 Å². The van der Waals surface area contributed by atoms with Crippen molar-refractivity contribution in [2.75, 3.05) is 13.7 Å². The molecule has 2 rings (SSSR count). The molecule has 1 aromatic rings. The first-order valence-corrected chi connectivity index (χ1v) is 6.66. The molecule has 0 aliphatic heterocycles. The van der Waals surface area contributed by atoms with E-state index >= 15 is 0 Å². The molecule has 0 unspecified atom stereocenters. The minimum Gasteiger partial charge on any atom is -0.496 e. The number of hydrogen-bond donors (Lipinski definition) is 1. The standard InChI is InChI=1S/C14H19ClFNO/c1-9-12(16)11(15)7-10(13(9)18-2)14(8-17)5-3-4-6-14/h7H,3-6,8,17H2,1-2H3. The second-order valence-electron chi connectivity index (χ2n) is 5.07. The molecule has 0 spiro atoms. The summed E-state index contributed by atoms with van der Waals surface area (Å²) < 4.78 is 19.2. The SMILES string of the molecule is COc1c(C2(CN)CCCC2)cc(Cl)c(F)c1C. The van der Waals surface area contributed by atoms with Crippen LogP contribution in [0.25, 0.3) is 0 Å². The van der Waals surface area contributed by atoms with Crippen LogP contribution in [-0.4, -0.2) is 13.7 Å². The molecule has 100 valence electrons. The van der Waals surface area contributed by atoms with Gasteiger partial charge in [-0.05, 0) is 25.8 Å². The maximum absolute atomic E-state index is 13.8. The third-order valence-electron chi connectivity index (χ3n) is 4.12. The highest BCUT2D eigenvalue weighted by Crippen LogP contribution is 2.46. The van der Waals surface area contributed by atoms with E-state index in [1.807, 2.05) is 0 Å². The van der Waals surface area contributed by atoms with Gasteiger partial charge in [-0.25, -0.2) is 4.39 Å². The van der Waals surface area contributed by atoms with Gasteiger partial charge in [0.15, 0.2) is 0 Å². The van der Waals surface area contributed by atoms with Crippen LogP contribution < -0.4 is 10.5 Å². The Hall–Kier alpha value is -0.800. The van der Waals surface area contributed by atoms with Crippen LogP contribution in [0.2, 0.25) is 5.02 Å². The lowest BCUT2D eigenvalue weighted by Gasteiger charge is -2.30. The van der Waals surface area contributed by atoms with Crippen LogP contribution in [0.1, 0.15) is 36.8 Å². The fourth-order valence-corrected chi connectivity index (χ4v) is 3.28. The minimum atomic E-state index is -0.401. The molecule has 1 aliphatic carbocycles. The van der Waals surface area contributed by atoms with Crippen molar-refractivity contribution in [2.24, 2.45) is 5.73 Å². The third-order valence-corrected chi connectivity index (χ3v) is 4.40. The zero-order valence-electron chi connectivity index (χ0n) is 10.9. The largest absolute Gasteiger partial charge is 0.496 e. The molecule has 1 aromatic carbocycles. The molecule has 0 saturated heterocycles. The molecule has 0 radical (unpaired) electrons. The molecule has 4 heteroatoms. The number of nitrogens with two attached hydrogens (primary N) is 1. The molecule has 0 amide bonds. The van der Waals surface area contributed by atoms with Crippen molar-refractivity contribution in [1.29, 1.82) is 0 Å². The molecule has 1 fully saturated rings. The van der Waals surface area contributed by atoms with Crippen LogP contribution in [0.15, 0.2) is 6.07 Å². The van der Waals surface area contributed by atoms with Crippen LogP contribution >= 0.6 is 11.6 Å². The lowest BCUT2D eigenvalue weighted by Crippen LogP contribution is -2.32. The Morgan fingerprint density at radius 3 is 2.56 bits per heavy atom. The second kappa shape index (κ2) is 5.06. The number of halogens is 2. The van der Waals surface area contributed by atoms with Crippen LogP contribution in [0.4, 0.5) is 4.39 Å². The van der Waals surface area contributed by atoms with E-state index in [1.165, 1.54) is 0 Å². The van der Waals surface area contributed by atoms with Crippen molar-refractivity contribution in [3.05, 3.63) is 28.0 Å². The topological polar surface area (TPSA) is 35.2 Å². The van der Waals surface area contributed by atoms with Gasteiger partial charge in [0.25, 0.3) is 0 Å². The summed E-state index contributed by atoms with van der Waals surface area (Å²) >= 11 is 5.97. The predicted octanol–water partition coefficient (Wildman–Crippen LogP) is 3.57. The summed E-state index contributed by atoms with van der Waals surface area (Å²) in [5.41, 5.74) is 7.31. The van der Waals surface area contributed by atoms with Gasteiger partial charge in [-0.15, -0.1) is 0 Å². The lowest BCUT2D eigenvalue weighted by atomic mass is 9.77. The first-order chi connectivity index (χ1) is 8.55. The molecule has 0 atom stereocenters.